The van der Waals surface area contributed by atoms with Gasteiger partial charge in [-0.15, -0.1) is 30.6 Å². The van der Waals surface area contributed by atoms with Gasteiger partial charge in [0.1, 0.15) is 0 Å². The van der Waals surface area contributed by atoms with E-state index in [-0.39, 0.29) is 30.1 Å². The van der Waals surface area contributed by atoms with Crippen LogP contribution >= 0.6 is 35.7 Å². The predicted octanol–water partition coefficient (Wildman–Crippen LogP) is 1.87. The Bertz CT molecular complexity index is 361. The zero-order valence-corrected chi connectivity index (χ0v) is 16.6. The Morgan fingerprint density at radius 1 is 1.36 bits per heavy atom. The van der Waals surface area contributed by atoms with Crippen LogP contribution in [0.25, 0.3) is 0 Å². The number of hydrogen-bond acceptors (Lipinski definition) is 4. The molecule has 1 fully saturated rings. The van der Waals surface area contributed by atoms with E-state index >= 15 is 0 Å². The number of carbonyl (C=O) groups excluding carboxylic acids is 1. The Hall–Kier alpha value is -0.640. The number of nitrogens with one attached hydrogen (secondary N) is 1. The molecule has 1 rings (SSSR count). The van der Waals surface area contributed by atoms with Gasteiger partial charge in [-0.2, -0.15) is 11.8 Å². The van der Waals surface area contributed by atoms with E-state index in [2.05, 4.69) is 21.8 Å². The highest BCUT2D eigenvalue weighted by molar-refractivity contribution is 14.0. The van der Waals surface area contributed by atoms with Crippen LogP contribution in [0.5, 0.6) is 0 Å². The molecule has 1 aliphatic heterocycles. The van der Waals surface area contributed by atoms with Crippen molar-refractivity contribution in [3.63, 3.8) is 0 Å². The first-order chi connectivity index (χ1) is 10.2. The van der Waals surface area contributed by atoms with Gasteiger partial charge in [-0.3, -0.25) is 4.99 Å². The lowest BCUT2D eigenvalue weighted by Crippen LogP contribution is -2.54. The standard InChI is InChI=1S/C14H26N4O2S.HI/c1-4-11-21-12-6-16-13(15-3)17-7-9-18(10-8-17)14(19)20-5-2;/h4H,1,5-12H2,2-3H3,(H,15,16);1H. The summed E-state index contributed by atoms with van der Waals surface area (Å²) in [4.78, 5) is 19.9. The molecule has 128 valence electrons. The van der Waals surface area contributed by atoms with Gasteiger partial charge in [0.25, 0.3) is 0 Å². The maximum atomic E-state index is 11.6. The van der Waals surface area contributed by atoms with Crippen molar-refractivity contribution in [1.82, 2.24) is 15.1 Å². The number of rotatable bonds is 6. The third-order valence-corrected chi connectivity index (χ3v) is 4.05. The number of amides is 1. The van der Waals surface area contributed by atoms with Gasteiger partial charge in [0, 0.05) is 51.3 Å². The van der Waals surface area contributed by atoms with Crippen LogP contribution in [0.1, 0.15) is 6.92 Å². The van der Waals surface area contributed by atoms with Crippen molar-refractivity contribution in [3.05, 3.63) is 12.7 Å². The van der Waals surface area contributed by atoms with E-state index in [9.17, 15) is 4.79 Å². The van der Waals surface area contributed by atoms with E-state index < -0.39 is 0 Å². The predicted molar refractivity (Wildman–Crippen MR) is 104 cm³/mol. The van der Waals surface area contributed by atoms with Gasteiger partial charge in [-0.1, -0.05) is 6.08 Å². The summed E-state index contributed by atoms with van der Waals surface area (Å²) in [5, 5.41) is 3.35. The summed E-state index contributed by atoms with van der Waals surface area (Å²) in [6.07, 6.45) is 1.69. The molecule has 0 atom stereocenters. The molecule has 22 heavy (non-hydrogen) atoms. The molecular formula is C14H27IN4O2S. The van der Waals surface area contributed by atoms with Crippen LogP contribution in [-0.2, 0) is 4.74 Å². The molecule has 1 saturated heterocycles. The molecular weight excluding hydrogens is 415 g/mol. The number of nitrogens with zero attached hydrogens (tertiary/aromatic N) is 3. The van der Waals surface area contributed by atoms with E-state index in [4.69, 9.17) is 4.74 Å². The second-order valence-corrected chi connectivity index (χ2v) is 5.66. The minimum absolute atomic E-state index is 0. The Morgan fingerprint density at radius 3 is 2.55 bits per heavy atom. The van der Waals surface area contributed by atoms with Crippen molar-refractivity contribution in [2.24, 2.45) is 4.99 Å². The van der Waals surface area contributed by atoms with Gasteiger partial charge in [0.2, 0.25) is 0 Å². The smallest absolute Gasteiger partial charge is 0.409 e. The van der Waals surface area contributed by atoms with Gasteiger partial charge >= 0.3 is 6.09 Å². The fraction of sp³-hybridized carbons (Fsp3) is 0.714. The van der Waals surface area contributed by atoms with Gasteiger partial charge < -0.3 is 19.9 Å². The third-order valence-electron chi connectivity index (χ3n) is 3.08. The molecule has 0 aliphatic carbocycles. The number of hydrogen-bond donors (Lipinski definition) is 1. The van der Waals surface area contributed by atoms with Crippen LogP contribution in [0.2, 0.25) is 0 Å². The van der Waals surface area contributed by atoms with E-state index in [1.165, 1.54) is 0 Å². The first kappa shape index (κ1) is 21.4. The zero-order chi connectivity index (χ0) is 15.5. The quantitative estimate of drug-likeness (QED) is 0.224. The topological polar surface area (TPSA) is 57.2 Å². The molecule has 8 heteroatoms. The number of carbonyl (C=O) groups is 1. The highest BCUT2D eigenvalue weighted by Crippen LogP contribution is 2.04. The SMILES string of the molecule is C=CCSCCNC(=NC)N1CCN(C(=O)OCC)CC1.I. The van der Waals surface area contributed by atoms with Crippen LogP contribution in [0.4, 0.5) is 4.79 Å². The van der Waals surface area contributed by atoms with Crippen LogP contribution in [0.15, 0.2) is 17.6 Å². The fourth-order valence-corrected chi connectivity index (χ4v) is 2.63. The number of piperazine rings is 1. The average Bonchev–Trinajstić information content (AvgIpc) is 2.51. The molecule has 0 aromatic rings. The molecule has 6 nitrogen and oxygen atoms in total. The highest BCUT2D eigenvalue weighted by atomic mass is 127. The maximum Gasteiger partial charge on any atom is 0.409 e. The van der Waals surface area contributed by atoms with Crippen molar-refractivity contribution >= 4 is 47.8 Å². The van der Waals surface area contributed by atoms with Crippen molar-refractivity contribution in [1.29, 1.82) is 0 Å². The van der Waals surface area contributed by atoms with Gasteiger partial charge in [0.05, 0.1) is 6.61 Å². The summed E-state index contributed by atoms with van der Waals surface area (Å²) in [6, 6.07) is 0. The van der Waals surface area contributed by atoms with Crippen molar-refractivity contribution in [3.8, 4) is 0 Å². The monoisotopic (exact) mass is 442 g/mol. The minimum atomic E-state index is -0.221. The Morgan fingerprint density at radius 2 is 2.00 bits per heavy atom. The highest BCUT2D eigenvalue weighted by Gasteiger charge is 2.23. The summed E-state index contributed by atoms with van der Waals surface area (Å²) in [7, 11) is 1.79. The van der Waals surface area contributed by atoms with E-state index in [1.807, 2.05) is 24.8 Å². The lowest BCUT2D eigenvalue weighted by molar-refractivity contribution is 0.0915. The average molecular weight is 442 g/mol. The summed E-state index contributed by atoms with van der Waals surface area (Å²) in [6.45, 7) is 9.72. The van der Waals surface area contributed by atoms with Crippen LogP contribution in [0.3, 0.4) is 0 Å². The molecule has 1 N–H and O–H groups in total. The molecule has 0 saturated carbocycles. The number of aliphatic imine (C=N–C) groups is 1. The first-order valence-corrected chi connectivity index (χ1v) is 8.44. The second kappa shape index (κ2) is 12.9. The second-order valence-electron chi connectivity index (χ2n) is 4.51. The van der Waals surface area contributed by atoms with Gasteiger partial charge in [0.15, 0.2) is 5.96 Å². The molecule has 0 spiro atoms. The fourth-order valence-electron chi connectivity index (χ4n) is 2.05. The van der Waals surface area contributed by atoms with Crippen LogP contribution < -0.4 is 5.32 Å². The Labute approximate surface area is 154 Å². The van der Waals surface area contributed by atoms with E-state index in [1.54, 1.807) is 11.9 Å². The number of guanidine groups is 1. The van der Waals surface area contributed by atoms with Gasteiger partial charge in [-0.25, -0.2) is 4.79 Å². The number of halogens is 1. The number of thioether (sulfide) groups is 1. The molecule has 0 unspecified atom stereocenters. The van der Waals surface area contributed by atoms with Crippen molar-refractivity contribution in [2.75, 3.05) is 57.9 Å². The summed E-state index contributed by atoms with van der Waals surface area (Å²) in [5.41, 5.74) is 0. The van der Waals surface area contributed by atoms with Crippen LogP contribution in [-0.4, -0.2) is 79.7 Å². The first-order valence-electron chi connectivity index (χ1n) is 7.28. The van der Waals surface area contributed by atoms with Crippen molar-refractivity contribution in [2.45, 2.75) is 6.92 Å². The maximum absolute atomic E-state index is 11.6. The molecule has 0 aromatic carbocycles. The van der Waals surface area contributed by atoms with Crippen molar-refractivity contribution < 1.29 is 9.53 Å². The number of ether oxygens (including phenoxy) is 1. The molecule has 1 amide bonds. The van der Waals surface area contributed by atoms with Crippen LogP contribution in [0, 0.1) is 0 Å². The lowest BCUT2D eigenvalue weighted by Gasteiger charge is -2.35. The molecule has 0 bridgehead atoms. The minimum Gasteiger partial charge on any atom is -0.450 e. The van der Waals surface area contributed by atoms with Gasteiger partial charge in [-0.05, 0) is 6.92 Å². The molecule has 1 aliphatic rings. The zero-order valence-electron chi connectivity index (χ0n) is 13.4. The molecule has 1 heterocycles. The summed E-state index contributed by atoms with van der Waals surface area (Å²) < 4.78 is 5.02. The van der Waals surface area contributed by atoms with E-state index in [0.29, 0.717) is 19.7 Å². The summed E-state index contributed by atoms with van der Waals surface area (Å²) in [5.74, 6) is 2.89. The normalized spacial score (nSPS) is 15.1. The Kier molecular flexibility index (Phi) is 12.5. The Balaban J connectivity index is 0.00000441. The molecule has 0 radical (unpaired) electrons. The molecule has 0 aromatic heterocycles. The van der Waals surface area contributed by atoms with E-state index in [0.717, 1.165) is 37.1 Å². The summed E-state index contributed by atoms with van der Waals surface area (Å²) >= 11 is 1.84. The third kappa shape index (κ3) is 7.57. The lowest BCUT2D eigenvalue weighted by atomic mass is 10.3. The largest absolute Gasteiger partial charge is 0.450 e.